The molecule has 1 fully saturated rings. The molecule has 2 aromatic rings. The van der Waals surface area contributed by atoms with Crippen LogP contribution in [0.15, 0.2) is 27.4 Å². The summed E-state index contributed by atoms with van der Waals surface area (Å²) < 4.78 is 20.7. The molecule has 0 N–H and O–H groups in total. The monoisotopic (exact) mass is 360 g/mol. The second kappa shape index (κ2) is 7.70. The fraction of sp³-hybridized carbons (Fsp3) is 0.421. The summed E-state index contributed by atoms with van der Waals surface area (Å²) >= 11 is 0. The van der Waals surface area contributed by atoms with Gasteiger partial charge in [-0.25, -0.2) is 9.59 Å². The van der Waals surface area contributed by atoms with E-state index < -0.39 is 17.7 Å². The molecule has 0 amide bonds. The minimum atomic E-state index is -0.594. The Morgan fingerprint density at radius 2 is 2.08 bits per heavy atom. The maximum atomic E-state index is 12.3. The lowest BCUT2D eigenvalue weighted by molar-refractivity contribution is -0.144. The number of hydrogen-bond donors (Lipinski definition) is 0. The molecule has 0 aliphatic carbocycles. The van der Waals surface area contributed by atoms with Crippen molar-refractivity contribution in [3.05, 3.63) is 39.7 Å². The molecule has 1 aliphatic heterocycles. The van der Waals surface area contributed by atoms with Gasteiger partial charge < -0.3 is 18.6 Å². The summed E-state index contributed by atoms with van der Waals surface area (Å²) in [7, 11) is 1.32. The molecule has 0 bridgehead atoms. The minimum Gasteiger partial charge on any atom is -0.469 e. The van der Waals surface area contributed by atoms with E-state index in [4.69, 9.17) is 13.9 Å². The van der Waals surface area contributed by atoms with E-state index in [9.17, 15) is 14.4 Å². The summed E-state index contributed by atoms with van der Waals surface area (Å²) in [5.74, 6) is -0.593. The van der Waals surface area contributed by atoms with Crippen LogP contribution in [0.5, 0.6) is 5.75 Å². The third kappa shape index (κ3) is 3.94. The fourth-order valence-electron chi connectivity index (χ4n) is 2.96. The van der Waals surface area contributed by atoms with E-state index in [0.717, 1.165) is 17.4 Å². The van der Waals surface area contributed by atoms with Gasteiger partial charge in [0.05, 0.1) is 7.11 Å². The van der Waals surface area contributed by atoms with Crippen molar-refractivity contribution in [2.24, 2.45) is 0 Å². The Morgan fingerprint density at radius 3 is 2.77 bits per heavy atom. The van der Waals surface area contributed by atoms with Gasteiger partial charge in [0, 0.05) is 30.5 Å². The van der Waals surface area contributed by atoms with Crippen LogP contribution in [-0.2, 0) is 25.5 Å². The van der Waals surface area contributed by atoms with E-state index in [1.54, 1.807) is 13.0 Å². The molecule has 1 aliphatic rings. The SMILES string of the molecule is COC(=O)CCc1cc2c(C)cc(=O)oc2cc1OC(=O)C1CCCO1. The van der Waals surface area contributed by atoms with Crippen LogP contribution in [0.4, 0.5) is 0 Å². The van der Waals surface area contributed by atoms with Gasteiger partial charge in [0.25, 0.3) is 0 Å². The highest BCUT2D eigenvalue weighted by Crippen LogP contribution is 2.29. The first kappa shape index (κ1) is 18.1. The van der Waals surface area contributed by atoms with Crippen molar-refractivity contribution in [2.45, 2.75) is 38.7 Å². The van der Waals surface area contributed by atoms with E-state index in [-0.39, 0.29) is 18.1 Å². The topological polar surface area (TPSA) is 92.0 Å². The van der Waals surface area contributed by atoms with Crippen LogP contribution in [0, 0.1) is 6.92 Å². The minimum absolute atomic E-state index is 0.141. The highest BCUT2D eigenvalue weighted by atomic mass is 16.6. The first-order chi connectivity index (χ1) is 12.5. The van der Waals surface area contributed by atoms with E-state index in [1.807, 2.05) is 0 Å². The molecule has 3 rings (SSSR count). The highest BCUT2D eigenvalue weighted by molar-refractivity contribution is 5.85. The first-order valence-corrected chi connectivity index (χ1v) is 8.45. The van der Waals surface area contributed by atoms with Gasteiger partial charge in [0.15, 0.2) is 6.10 Å². The summed E-state index contributed by atoms with van der Waals surface area (Å²) in [6, 6.07) is 4.68. The summed E-state index contributed by atoms with van der Waals surface area (Å²) in [5, 5.41) is 0.724. The second-order valence-electron chi connectivity index (χ2n) is 6.20. The van der Waals surface area contributed by atoms with Crippen LogP contribution in [0.3, 0.4) is 0 Å². The van der Waals surface area contributed by atoms with Crippen molar-refractivity contribution < 1.29 is 28.2 Å². The molecule has 1 unspecified atom stereocenters. The number of rotatable bonds is 5. The van der Waals surface area contributed by atoms with E-state index in [1.165, 1.54) is 19.2 Å². The summed E-state index contributed by atoms with van der Waals surface area (Å²) in [6.45, 7) is 2.32. The van der Waals surface area contributed by atoms with Crippen LogP contribution in [0.25, 0.3) is 11.0 Å². The van der Waals surface area contributed by atoms with Gasteiger partial charge >= 0.3 is 17.6 Å². The number of benzene rings is 1. The number of methoxy groups -OCH3 is 1. The largest absolute Gasteiger partial charge is 0.469 e. The molecule has 1 saturated heterocycles. The van der Waals surface area contributed by atoms with Crippen LogP contribution in [0.1, 0.15) is 30.4 Å². The number of carbonyl (C=O) groups excluding carboxylic acids is 2. The lowest BCUT2D eigenvalue weighted by Crippen LogP contribution is -2.25. The van der Waals surface area contributed by atoms with Crippen LogP contribution in [-0.4, -0.2) is 31.8 Å². The first-order valence-electron chi connectivity index (χ1n) is 8.45. The van der Waals surface area contributed by atoms with Gasteiger partial charge in [-0.3, -0.25) is 4.79 Å². The van der Waals surface area contributed by atoms with Crippen LogP contribution >= 0.6 is 0 Å². The average molecular weight is 360 g/mol. The van der Waals surface area contributed by atoms with E-state index >= 15 is 0 Å². The molecule has 0 radical (unpaired) electrons. The Hall–Kier alpha value is -2.67. The summed E-state index contributed by atoms with van der Waals surface area (Å²) in [5.41, 5.74) is 1.25. The second-order valence-corrected chi connectivity index (χ2v) is 6.20. The Balaban J connectivity index is 1.97. The zero-order valence-electron chi connectivity index (χ0n) is 14.7. The third-order valence-electron chi connectivity index (χ3n) is 4.36. The smallest absolute Gasteiger partial charge is 0.340 e. The lowest BCUT2D eigenvalue weighted by Gasteiger charge is -2.14. The van der Waals surface area contributed by atoms with Crippen molar-refractivity contribution in [3.63, 3.8) is 0 Å². The molecule has 26 heavy (non-hydrogen) atoms. The van der Waals surface area contributed by atoms with Gasteiger partial charge in [-0.05, 0) is 43.4 Å². The van der Waals surface area contributed by atoms with Gasteiger partial charge in [-0.15, -0.1) is 0 Å². The molecule has 2 heterocycles. The molecule has 7 nitrogen and oxygen atoms in total. The summed E-state index contributed by atoms with van der Waals surface area (Å²) in [4.78, 5) is 35.4. The molecule has 0 spiro atoms. The number of esters is 2. The summed E-state index contributed by atoms with van der Waals surface area (Å²) in [6.07, 6.45) is 1.29. The average Bonchev–Trinajstić information content (AvgIpc) is 3.14. The zero-order chi connectivity index (χ0) is 18.7. The Morgan fingerprint density at radius 1 is 1.27 bits per heavy atom. The number of hydrogen-bond acceptors (Lipinski definition) is 7. The zero-order valence-corrected chi connectivity index (χ0v) is 14.7. The van der Waals surface area contributed by atoms with E-state index in [2.05, 4.69) is 4.74 Å². The molecule has 138 valence electrons. The Labute approximate surface area is 149 Å². The molecule has 1 aromatic carbocycles. The molecular weight excluding hydrogens is 340 g/mol. The molecule has 0 saturated carbocycles. The van der Waals surface area contributed by atoms with Gasteiger partial charge in [-0.2, -0.15) is 0 Å². The van der Waals surface area contributed by atoms with Crippen LogP contribution < -0.4 is 10.4 Å². The number of fused-ring (bicyclic) bond motifs is 1. The quantitative estimate of drug-likeness (QED) is 0.459. The molecule has 7 heteroatoms. The fourth-order valence-corrected chi connectivity index (χ4v) is 2.96. The molecular formula is C19H20O7. The molecule has 1 aromatic heterocycles. The predicted octanol–water partition coefficient (Wildman–Crippen LogP) is 2.29. The number of carbonyl (C=O) groups is 2. The standard InChI is InChI=1S/C19H20O7/c1-11-8-18(21)25-16-10-15(26-19(22)14-4-3-7-24-14)12(9-13(11)16)5-6-17(20)23-2/h8-10,14H,3-7H2,1-2H3. The highest BCUT2D eigenvalue weighted by Gasteiger charge is 2.26. The maximum Gasteiger partial charge on any atom is 0.340 e. The van der Waals surface area contributed by atoms with Crippen molar-refractivity contribution in [3.8, 4) is 5.75 Å². The van der Waals surface area contributed by atoms with Gasteiger partial charge in [0.1, 0.15) is 11.3 Å². The van der Waals surface area contributed by atoms with Crippen LogP contribution in [0.2, 0.25) is 0 Å². The maximum absolute atomic E-state index is 12.3. The van der Waals surface area contributed by atoms with Crippen molar-refractivity contribution in [1.82, 2.24) is 0 Å². The normalized spacial score (nSPS) is 16.6. The van der Waals surface area contributed by atoms with Gasteiger partial charge in [-0.1, -0.05) is 0 Å². The Bertz CT molecular complexity index is 891. The van der Waals surface area contributed by atoms with Gasteiger partial charge in [0.2, 0.25) is 0 Å². The lowest BCUT2D eigenvalue weighted by atomic mass is 10.0. The van der Waals surface area contributed by atoms with Crippen molar-refractivity contribution in [1.29, 1.82) is 0 Å². The van der Waals surface area contributed by atoms with Crippen molar-refractivity contribution >= 4 is 22.9 Å². The number of aryl methyl sites for hydroxylation is 2. The Kier molecular flexibility index (Phi) is 5.37. The third-order valence-corrected chi connectivity index (χ3v) is 4.36. The van der Waals surface area contributed by atoms with E-state index in [0.29, 0.717) is 30.6 Å². The number of ether oxygens (including phenoxy) is 3. The predicted molar refractivity (Wildman–Crippen MR) is 92.2 cm³/mol. The molecule has 1 atom stereocenters. The van der Waals surface area contributed by atoms with Crippen molar-refractivity contribution in [2.75, 3.05) is 13.7 Å².